The van der Waals surface area contributed by atoms with Crippen LogP contribution in [0.4, 0.5) is 0 Å². The molecule has 0 spiro atoms. The fourth-order valence-corrected chi connectivity index (χ4v) is 2.64. The molecule has 1 aromatic carbocycles. The molecular formula is C14H17NO. The van der Waals surface area contributed by atoms with Gasteiger partial charge in [0.2, 0.25) is 0 Å². The quantitative estimate of drug-likeness (QED) is 0.773. The van der Waals surface area contributed by atoms with Gasteiger partial charge in [0.15, 0.2) is 0 Å². The van der Waals surface area contributed by atoms with Gasteiger partial charge in [0.1, 0.15) is 5.75 Å². The van der Waals surface area contributed by atoms with Crippen molar-refractivity contribution in [2.75, 3.05) is 7.11 Å². The van der Waals surface area contributed by atoms with Crippen molar-refractivity contribution in [1.29, 1.82) is 5.26 Å². The van der Waals surface area contributed by atoms with Gasteiger partial charge in [-0.05, 0) is 24.8 Å². The number of methoxy groups -OCH3 is 1. The van der Waals surface area contributed by atoms with Gasteiger partial charge in [-0.25, -0.2) is 0 Å². The van der Waals surface area contributed by atoms with Crippen molar-refractivity contribution >= 4 is 0 Å². The summed E-state index contributed by atoms with van der Waals surface area (Å²) in [6.45, 7) is 0. The lowest BCUT2D eigenvalue weighted by molar-refractivity contribution is 0.398. The van der Waals surface area contributed by atoms with Gasteiger partial charge in [0, 0.05) is 5.56 Å². The van der Waals surface area contributed by atoms with E-state index >= 15 is 0 Å². The second-order valence-corrected chi connectivity index (χ2v) is 4.39. The molecule has 0 aliphatic heterocycles. The summed E-state index contributed by atoms with van der Waals surface area (Å²) in [5.74, 6) is 1.36. The average Bonchev–Trinajstić information content (AvgIpc) is 2.84. The molecule has 0 saturated heterocycles. The molecular weight excluding hydrogens is 198 g/mol. The minimum Gasteiger partial charge on any atom is -0.496 e. The van der Waals surface area contributed by atoms with Crippen LogP contribution in [0.1, 0.15) is 37.2 Å². The molecule has 84 valence electrons. The van der Waals surface area contributed by atoms with Crippen LogP contribution in [0.3, 0.4) is 0 Å². The Morgan fingerprint density at radius 1 is 1.31 bits per heavy atom. The van der Waals surface area contributed by atoms with Gasteiger partial charge < -0.3 is 4.74 Å². The Kier molecular flexibility index (Phi) is 3.46. The van der Waals surface area contributed by atoms with Crippen molar-refractivity contribution in [2.24, 2.45) is 5.92 Å². The highest BCUT2D eigenvalue weighted by atomic mass is 16.5. The van der Waals surface area contributed by atoms with Crippen LogP contribution < -0.4 is 4.74 Å². The molecule has 1 fully saturated rings. The van der Waals surface area contributed by atoms with Crippen LogP contribution in [-0.2, 0) is 0 Å². The van der Waals surface area contributed by atoms with Gasteiger partial charge in [0.05, 0.1) is 19.1 Å². The Morgan fingerprint density at radius 3 is 2.62 bits per heavy atom. The second-order valence-electron chi connectivity index (χ2n) is 4.39. The van der Waals surface area contributed by atoms with Crippen LogP contribution in [0, 0.1) is 17.2 Å². The number of nitriles is 1. The number of para-hydroxylation sites is 1. The molecule has 16 heavy (non-hydrogen) atoms. The Hall–Kier alpha value is -1.49. The normalized spacial score (nSPS) is 18.0. The monoisotopic (exact) mass is 215 g/mol. The lowest BCUT2D eigenvalue weighted by atomic mass is 9.85. The third-order valence-electron chi connectivity index (χ3n) is 3.48. The Balaban J connectivity index is 2.29. The highest BCUT2D eigenvalue weighted by molar-refractivity contribution is 5.39. The molecule has 1 aliphatic carbocycles. The van der Waals surface area contributed by atoms with Crippen LogP contribution in [-0.4, -0.2) is 7.11 Å². The van der Waals surface area contributed by atoms with Crippen molar-refractivity contribution < 1.29 is 4.74 Å². The number of ether oxygens (including phenoxy) is 1. The largest absolute Gasteiger partial charge is 0.496 e. The highest BCUT2D eigenvalue weighted by Gasteiger charge is 2.28. The minimum absolute atomic E-state index is 0.00125. The maximum Gasteiger partial charge on any atom is 0.123 e. The van der Waals surface area contributed by atoms with E-state index in [2.05, 4.69) is 6.07 Å². The first-order chi connectivity index (χ1) is 7.86. The van der Waals surface area contributed by atoms with E-state index in [1.165, 1.54) is 25.7 Å². The lowest BCUT2D eigenvalue weighted by Gasteiger charge is -2.18. The van der Waals surface area contributed by atoms with Gasteiger partial charge in [-0.1, -0.05) is 31.0 Å². The predicted molar refractivity (Wildman–Crippen MR) is 63.3 cm³/mol. The Morgan fingerprint density at radius 2 is 2.00 bits per heavy atom. The fourth-order valence-electron chi connectivity index (χ4n) is 2.64. The summed E-state index contributed by atoms with van der Waals surface area (Å²) in [5, 5.41) is 9.35. The van der Waals surface area contributed by atoms with Gasteiger partial charge in [-0.2, -0.15) is 5.26 Å². The van der Waals surface area contributed by atoms with E-state index in [1.807, 2.05) is 24.3 Å². The zero-order valence-corrected chi connectivity index (χ0v) is 9.65. The SMILES string of the molecule is COc1ccccc1C(C#N)C1CCCC1. The van der Waals surface area contributed by atoms with Crippen LogP contribution in [0.15, 0.2) is 24.3 Å². The van der Waals surface area contributed by atoms with Gasteiger partial charge >= 0.3 is 0 Å². The summed E-state index contributed by atoms with van der Waals surface area (Å²) in [7, 11) is 1.67. The standard InChI is InChI=1S/C14H17NO/c1-16-14-9-5-4-8-12(14)13(10-15)11-6-2-3-7-11/h4-5,8-9,11,13H,2-3,6-7H2,1H3. The van der Waals surface area contributed by atoms with Crippen molar-refractivity contribution in [3.8, 4) is 11.8 Å². The summed E-state index contributed by atoms with van der Waals surface area (Å²) in [6.07, 6.45) is 4.88. The topological polar surface area (TPSA) is 33.0 Å². The van der Waals surface area contributed by atoms with E-state index < -0.39 is 0 Å². The van der Waals surface area contributed by atoms with Crippen molar-refractivity contribution in [2.45, 2.75) is 31.6 Å². The van der Waals surface area contributed by atoms with Gasteiger partial charge in [0.25, 0.3) is 0 Å². The third kappa shape index (κ3) is 2.04. The first-order valence-corrected chi connectivity index (χ1v) is 5.89. The van der Waals surface area contributed by atoms with Crippen molar-refractivity contribution in [3.63, 3.8) is 0 Å². The molecule has 2 nitrogen and oxygen atoms in total. The van der Waals surface area contributed by atoms with E-state index in [-0.39, 0.29) is 5.92 Å². The summed E-state index contributed by atoms with van der Waals surface area (Å²) in [5.41, 5.74) is 1.06. The maximum absolute atomic E-state index is 9.35. The molecule has 2 heteroatoms. The van der Waals surface area contributed by atoms with E-state index in [4.69, 9.17) is 4.74 Å². The Bertz CT molecular complexity index is 388. The molecule has 1 aliphatic rings. The first kappa shape index (κ1) is 11.0. The molecule has 1 aromatic rings. The Labute approximate surface area is 96.9 Å². The van der Waals surface area contributed by atoms with Crippen LogP contribution in [0.2, 0.25) is 0 Å². The van der Waals surface area contributed by atoms with Gasteiger partial charge in [-0.15, -0.1) is 0 Å². The maximum atomic E-state index is 9.35. The average molecular weight is 215 g/mol. The van der Waals surface area contributed by atoms with Gasteiger partial charge in [-0.3, -0.25) is 0 Å². The number of benzene rings is 1. The molecule has 1 unspecified atom stereocenters. The number of nitrogens with zero attached hydrogens (tertiary/aromatic N) is 1. The molecule has 0 heterocycles. The first-order valence-electron chi connectivity index (χ1n) is 5.89. The summed E-state index contributed by atoms with van der Waals surface area (Å²) in [4.78, 5) is 0. The summed E-state index contributed by atoms with van der Waals surface area (Å²) < 4.78 is 5.34. The van der Waals surface area contributed by atoms with E-state index in [0.29, 0.717) is 5.92 Å². The van der Waals surface area contributed by atoms with Crippen molar-refractivity contribution in [1.82, 2.24) is 0 Å². The molecule has 0 bridgehead atoms. The smallest absolute Gasteiger partial charge is 0.123 e. The van der Waals surface area contributed by atoms with Crippen LogP contribution >= 0.6 is 0 Å². The lowest BCUT2D eigenvalue weighted by Crippen LogP contribution is -2.09. The molecule has 2 rings (SSSR count). The third-order valence-corrected chi connectivity index (χ3v) is 3.48. The zero-order chi connectivity index (χ0) is 11.4. The number of rotatable bonds is 3. The molecule has 0 N–H and O–H groups in total. The van der Waals surface area contributed by atoms with Crippen molar-refractivity contribution in [3.05, 3.63) is 29.8 Å². The van der Waals surface area contributed by atoms with Crippen LogP contribution in [0.5, 0.6) is 5.75 Å². The summed E-state index contributed by atoms with van der Waals surface area (Å²) in [6, 6.07) is 10.3. The van der Waals surface area contributed by atoms with E-state index in [0.717, 1.165) is 11.3 Å². The number of hydrogen-bond acceptors (Lipinski definition) is 2. The highest BCUT2D eigenvalue weighted by Crippen LogP contribution is 2.39. The molecule has 1 saturated carbocycles. The molecule has 0 radical (unpaired) electrons. The molecule has 0 amide bonds. The fraction of sp³-hybridized carbons (Fsp3) is 0.500. The van der Waals surface area contributed by atoms with E-state index in [9.17, 15) is 5.26 Å². The predicted octanol–water partition coefficient (Wildman–Crippen LogP) is 3.49. The minimum atomic E-state index is -0.00125. The molecule has 1 atom stereocenters. The number of hydrogen-bond donors (Lipinski definition) is 0. The summed E-state index contributed by atoms with van der Waals surface area (Å²) >= 11 is 0. The van der Waals surface area contributed by atoms with Crippen LogP contribution in [0.25, 0.3) is 0 Å². The zero-order valence-electron chi connectivity index (χ0n) is 9.65. The molecule has 0 aromatic heterocycles. The van der Waals surface area contributed by atoms with E-state index in [1.54, 1.807) is 7.11 Å². The second kappa shape index (κ2) is 5.03.